The Labute approximate surface area is 114 Å². The highest BCUT2D eigenvalue weighted by molar-refractivity contribution is 5.82. The first kappa shape index (κ1) is 14.9. The fraction of sp³-hybridized carbons (Fsp3) is 0.438. The second-order valence-corrected chi connectivity index (χ2v) is 4.82. The van der Waals surface area contributed by atoms with Gasteiger partial charge in [0.05, 0.1) is 12.1 Å². The molecule has 0 amide bonds. The van der Waals surface area contributed by atoms with Crippen LogP contribution in [0.1, 0.15) is 38.2 Å². The lowest BCUT2D eigenvalue weighted by molar-refractivity contribution is -0.127. The summed E-state index contributed by atoms with van der Waals surface area (Å²) in [5.74, 6) is 0.0712. The van der Waals surface area contributed by atoms with Crippen molar-refractivity contribution in [3.8, 4) is 12.1 Å². The van der Waals surface area contributed by atoms with E-state index in [0.29, 0.717) is 32.1 Å². The third-order valence-electron chi connectivity index (χ3n) is 3.56. The minimum Gasteiger partial charge on any atom is -0.299 e. The van der Waals surface area contributed by atoms with Gasteiger partial charge in [-0.05, 0) is 31.7 Å². The summed E-state index contributed by atoms with van der Waals surface area (Å²) in [7, 11) is 0. The molecule has 1 aromatic rings. The average Bonchev–Trinajstić information content (AvgIpc) is 2.43. The van der Waals surface area contributed by atoms with Gasteiger partial charge in [-0.15, -0.1) is 0 Å². The van der Waals surface area contributed by atoms with Crippen LogP contribution in [-0.2, 0) is 11.2 Å². The Bertz CT molecular complexity index is 476. The van der Waals surface area contributed by atoms with Crippen molar-refractivity contribution in [1.82, 2.24) is 0 Å². The zero-order valence-corrected chi connectivity index (χ0v) is 11.2. The molecular formula is C16H18N2O. The smallest absolute Gasteiger partial charge is 0.136 e. The number of nitriles is 2. The third-order valence-corrected chi connectivity index (χ3v) is 3.56. The highest BCUT2D eigenvalue weighted by Gasteiger charge is 2.34. The number of nitrogens with zero attached hydrogens (tertiary/aromatic N) is 2. The maximum atomic E-state index is 12.1. The molecule has 0 aliphatic heterocycles. The summed E-state index contributed by atoms with van der Waals surface area (Å²) in [6.45, 7) is 1.57. The number of hydrogen-bond donors (Lipinski definition) is 0. The highest BCUT2D eigenvalue weighted by atomic mass is 16.1. The molecule has 0 spiro atoms. The lowest BCUT2D eigenvalue weighted by Gasteiger charge is -2.30. The molecule has 98 valence electrons. The molecule has 0 saturated carbocycles. The molecule has 0 heterocycles. The Morgan fingerprint density at radius 2 is 1.63 bits per heavy atom. The van der Waals surface area contributed by atoms with Crippen LogP contribution in [0.2, 0.25) is 0 Å². The van der Waals surface area contributed by atoms with E-state index in [1.165, 1.54) is 0 Å². The van der Waals surface area contributed by atoms with E-state index in [2.05, 4.69) is 12.1 Å². The molecule has 0 unspecified atom stereocenters. The second-order valence-electron chi connectivity index (χ2n) is 4.82. The zero-order valence-electron chi connectivity index (χ0n) is 11.2. The van der Waals surface area contributed by atoms with Gasteiger partial charge in [0.15, 0.2) is 0 Å². The summed E-state index contributed by atoms with van der Waals surface area (Å²) in [6, 6.07) is 14.0. The number of ketones is 1. The van der Waals surface area contributed by atoms with E-state index in [-0.39, 0.29) is 5.78 Å². The molecule has 1 rings (SSSR count). The lowest BCUT2D eigenvalue weighted by atomic mass is 9.71. The number of carbonyl (C=O) groups is 1. The van der Waals surface area contributed by atoms with Gasteiger partial charge >= 0.3 is 0 Å². The van der Waals surface area contributed by atoms with E-state index < -0.39 is 5.41 Å². The highest BCUT2D eigenvalue weighted by Crippen LogP contribution is 2.35. The first-order valence-corrected chi connectivity index (χ1v) is 6.43. The largest absolute Gasteiger partial charge is 0.299 e. The van der Waals surface area contributed by atoms with E-state index in [9.17, 15) is 4.79 Å². The molecule has 19 heavy (non-hydrogen) atoms. The Kier molecular flexibility index (Phi) is 5.76. The minimum absolute atomic E-state index is 0.0712. The monoisotopic (exact) mass is 254 g/mol. The van der Waals surface area contributed by atoms with Gasteiger partial charge in [-0.3, -0.25) is 4.79 Å². The van der Waals surface area contributed by atoms with Crippen LogP contribution in [0.15, 0.2) is 30.3 Å². The Balaban J connectivity index is 2.98. The van der Waals surface area contributed by atoms with Crippen LogP contribution < -0.4 is 0 Å². The molecule has 0 bridgehead atoms. The van der Waals surface area contributed by atoms with E-state index in [0.717, 1.165) is 5.56 Å². The predicted octanol–water partition coefficient (Wildman–Crippen LogP) is 3.41. The van der Waals surface area contributed by atoms with Crippen LogP contribution in [0, 0.1) is 28.1 Å². The topological polar surface area (TPSA) is 64.7 Å². The molecule has 0 atom stereocenters. The summed E-state index contributed by atoms with van der Waals surface area (Å²) < 4.78 is 0. The second kappa shape index (κ2) is 7.34. The fourth-order valence-electron chi connectivity index (χ4n) is 2.36. The first-order chi connectivity index (χ1) is 9.14. The van der Waals surface area contributed by atoms with Crippen molar-refractivity contribution < 1.29 is 4.79 Å². The van der Waals surface area contributed by atoms with Crippen molar-refractivity contribution in [3.05, 3.63) is 35.9 Å². The number of carbonyl (C=O) groups excluding carboxylic acids is 1. The molecule has 0 saturated heterocycles. The average molecular weight is 254 g/mol. The zero-order chi connectivity index (χ0) is 14.1. The molecule has 0 radical (unpaired) electrons. The summed E-state index contributed by atoms with van der Waals surface area (Å²) in [5.41, 5.74) is 0.501. The molecule has 3 nitrogen and oxygen atoms in total. The Hall–Kier alpha value is -2.13. The molecule has 1 aromatic carbocycles. The summed E-state index contributed by atoms with van der Waals surface area (Å²) in [4.78, 5) is 12.1. The van der Waals surface area contributed by atoms with E-state index >= 15 is 0 Å². The van der Waals surface area contributed by atoms with Crippen molar-refractivity contribution in [3.63, 3.8) is 0 Å². The van der Waals surface area contributed by atoms with Crippen molar-refractivity contribution in [1.29, 1.82) is 10.5 Å². The molecule has 0 aromatic heterocycles. The number of rotatable bonds is 7. The van der Waals surface area contributed by atoms with Gasteiger partial charge in [-0.2, -0.15) is 10.5 Å². The van der Waals surface area contributed by atoms with Gasteiger partial charge < -0.3 is 0 Å². The maximum absolute atomic E-state index is 12.1. The van der Waals surface area contributed by atoms with Crippen LogP contribution in [0.5, 0.6) is 0 Å². The molecule has 3 heteroatoms. The summed E-state index contributed by atoms with van der Waals surface area (Å²) in [6.07, 6.45) is 2.34. The standard InChI is InChI=1S/C16H18N2O/c1-14(19)16(9-5-11-17,10-6-12-18)13-15-7-3-2-4-8-15/h2-4,7-8H,5-6,9-10,13H2,1H3. The Morgan fingerprint density at radius 3 is 2.05 bits per heavy atom. The van der Waals surface area contributed by atoms with Gasteiger partial charge in [0.1, 0.15) is 5.78 Å². The number of benzene rings is 1. The fourth-order valence-corrected chi connectivity index (χ4v) is 2.36. The molecule has 0 N–H and O–H groups in total. The normalized spacial score (nSPS) is 10.5. The van der Waals surface area contributed by atoms with Gasteiger partial charge in [-0.1, -0.05) is 30.3 Å². The van der Waals surface area contributed by atoms with E-state index in [4.69, 9.17) is 10.5 Å². The summed E-state index contributed by atoms with van der Waals surface area (Å²) >= 11 is 0. The molecular weight excluding hydrogens is 236 g/mol. The van der Waals surface area contributed by atoms with Crippen molar-refractivity contribution in [2.45, 2.75) is 39.0 Å². The van der Waals surface area contributed by atoms with Gasteiger partial charge in [-0.25, -0.2) is 0 Å². The Morgan fingerprint density at radius 1 is 1.11 bits per heavy atom. The van der Waals surface area contributed by atoms with Crippen molar-refractivity contribution >= 4 is 5.78 Å². The molecule has 0 aliphatic rings. The van der Waals surface area contributed by atoms with Gasteiger partial charge in [0, 0.05) is 18.3 Å². The molecule has 0 fully saturated rings. The van der Waals surface area contributed by atoms with Crippen LogP contribution in [0.3, 0.4) is 0 Å². The van der Waals surface area contributed by atoms with Gasteiger partial charge in [0.2, 0.25) is 0 Å². The molecule has 0 aliphatic carbocycles. The first-order valence-electron chi connectivity index (χ1n) is 6.43. The van der Waals surface area contributed by atoms with Crippen LogP contribution in [0.4, 0.5) is 0 Å². The van der Waals surface area contributed by atoms with Crippen LogP contribution in [-0.4, -0.2) is 5.78 Å². The van der Waals surface area contributed by atoms with Crippen LogP contribution >= 0.6 is 0 Å². The van der Waals surface area contributed by atoms with Crippen LogP contribution in [0.25, 0.3) is 0 Å². The van der Waals surface area contributed by atoms with Gasteiger partial charge in [0.25, 0.3) is 0 Å². The van der Waals surface area contributed by atoms with Crippen molar-refractivity contribution in [2.24, 2.45) is 5.41 Å². The SMILES string of the molecule is CC(=O)C(CCC#N)(CCC#N)Cc1ccccc1. The third kappa shape index (κ3) is 4.23. The lowest BCUT2D eigenvalue weighted by Crippen LogP contribution is -2.31. The summed E-state index contributed by atoms with van der Waals surface area (Å²) in [5, 5.41) is 17.6. The predicted molar refractivity (Wildman–Crippen MR) is 73.0 cm³/mol. The van der Waals surface area contributed by atoms with E-state index in [1.807, 2.05) is 30.3 Å². The quantitative estimate of drug-likeness (QED) is 0.749. The minimum atomic E-state index is -0.577. The van der Waals surface area contributed by atoms with Crippen molar-refractivity contribution in [2.75, 3.05) is 0 Å². The maximum Gasteiger partial charge on any atom is 0.136 e. The number of hydrogen-bond acceptors (Lipinski definition) is 3. The number of Topliss-reactive ketones (excluding diaryl/α,β-unsaturated/α-hetero) is 1. The van der Waals surface area contributed by atoms with E-state index in [1.54, 1.807) is 6.92 Å².